The van der Waals surface area contributed by atoms with Crippen molar-refractivity contribution >= 4 is 18.3 Å². The fraction of sp³-hybridized carbons (Fsp3) is 0.833. The van der Waals surface area contributed by atoms with Gasteiger partial charge < -0.3 is 11.1 Å². The molecule has 0 rings (SSSR count). The van der Waals surface area contributed by atoms with Crippen LogP contribution in [0.15, 0.2) is 0 Å². The van der Waals surface area contributed by atoms with E-state index in [2.05, 4.69) is 5.32 Å². The van der Waals surface area contributed by atoms with Gasteiger partial charge in [-0.25, -0.2) is 0 Å². The molecule has 0 atom stereocenters. The van der Waals surface area contributed by atoms with Gasteiger partial charge in [-0.05, 0) is 13.8 Å². The third kappa shape index (κ3) is 7.72. The van der Waals surface area contributed by atoms with E-state index in [0.717, 1.165) is 0 Å². The van der Waals surface area contributed by atoms with Crippen molar-refractivity contribution in [3.8, 4) is 0 Å². The van der Waals surface area contributed by atoms with Crippen molar-refractivity contribution in [3.63, 3.8) is 0 Å². The first-order chi connectivity index (χ1) is 4.16. The van der Waals surface area contributed by atoms with Crippen LogP contribution in [0.25, 0.3) is 0 Å². The van der Waals surface area contributed by atoms with Crippen molar-refractivity contribution in [2.45, 2.75) is 26.3 Å². The summed E-state index contributed by atoms with van der Waals surface area (Å²) in [6.07, 6.45) is 0.429. The Balaban J connectivity index is 0. The molecule has 0 saturated heterocycles. The number of nitrogens with two attached hydrogens (primary N) is 1. The number of hydrogen-bond acceptors (Lipinski definition) is 2. The predicted molar refractivity (Wildman–Crippen MR) is 44.2 cm³/mol. The molecule has 0 saturated carbocycles. The summed E-state index contributed by atoms with van der Waals surface area (Å²) >= 11 is 0. The van der Waals surface area contributed by atoms with Gasteiger partial charge in [-0.2, -0.15) is 0 Å². The lowest BCUT2D eigenvalue weighted by Crippen LogP contribution is -2.31. The molecule has 0 aromatic rings. The smallest absolute Gasteiger partial charge is 0.221 e. The van der Waals surface area contributed by atoms with Crippen molar-refractivity contribution in [1.82, 2.24) is 5.32 Å². The standard InChI is InChI=1S/C6H14N2O.ClH/c1-5(2)8-6(9)3-4-7;/h5H,3-4,7H2,1-2H3,(H,8,9);1H. The molecule has 0 fully saturated rings. The highest BCUT2D eigenvalue weighted by Crippen LogP contribution is 1.79. The maximum Gasteiger partial charge on any atom is 0.221 e. The van der Waals surface area contributed by atoms with Crippen LogP contribution >= 0.6 is 12.4 Å². The number of halogens is 1. The molecule has 0 bridgehead atoms. The van der Waals surface area contributed by atoms with Crippen LogP contribution in [0.5, 0.6) is 0 Å². The van der Waals surface area contributed by atoms with Crippen LogP contribution in [-0.2, 0) is 4.79 Å². The Morgan fingerprint density at radius 1 is 1.60 bits per heavy atom. The predicted octanol–water partition coefficient (Wildman–Crippen LogP) is 0.282. The van der Waals surface area contributed by atoms with E-state index in [9.17, 15) is 4.79 Å². The molecule has 4 heteroatoms. The Labute approximate surface area is 67.8 Å². The van der Waals surface area contributed by atoms with Crippen LogP contribution in [0.1, 0.15) is 20.3 Å². The normalized spacial score (nSPS) is 8.80. The summed E-state index contributed by atoms with van der Waals surface area (Å²) in [4.78, 5) is 10.7. The van der Waals surface area contributed by atoms with E-state index < -0.39 is 0 Å². The molecule has 0 aliphatic carbocycles. The molecule has 1 amide bonds. The van der Waals surface area contributed by atoms with Crippen LogP contribution in [0, 0.1) is 0 Å². The number of nitrogens with one attached hydrogen (secondary N) is 1. The topological polar surface area (TPSA) is 55.1 Å². The first-order valence-corrected chi connectivity index (χ1v) is 3.16. The second-order valence-electron chi connectivity index (χ2n) is 2.26. The number of amides is 1. The maximum absolute atomic E-state index is 10.7. The van der Waals surface area contributed by atoms with Crippen molar-refractivity contribution < 1.29 is 4.79 Å². The van der Waals surface area contributed by atoms with Crippen LogP contribution in [0.4, 0.5) is 0 Å². The van der Waals surface area contributed by atoms with Gasteiger partial charge in [0.15, 0.2) is 0 Å². The quantitative estimate of drug-likeness (QED) is 0.633. The molecule has 0 spiro atoms. The van der Waals surface area contributed by atoms with Gasteiger partial charge in [0.05, 0.1) is 0 Å². The van der Waals surface area contributed by atoms with E-state index in [1.54, 1.807) is 0 Å². The summed E-state index contributed by atoms with van der Waals surface area (Å²) in [6.45, 7) is 4.28. The van der Waals surface area contributed by atoms with Crippen LogP contribution < -0.4 is 11.1 Å². The average Bonchev–Trinajstić information content (AvgIpc) is 1.63. The third-order valence-corrected chi connectivity index (χ3v) is 0.821. The molecule has 3 N–H and O–H groups in total. The van der Waals surface area contributed by atoms with E-state index in [1.807, 2.05) is 13.8 Å². The molecule has 62 valence electrons. The van der Waals surface area contributed by atoms with Crippen molar-refractivity contribution in [3.05, 3.63) is 0 Å². The largest absolute Gasteiger partial charge is 0.354 e. The Morgan fingerprint density at radius 2 is 2.10 bits per heavy atom. The van der Waals surface area contributed by atoms with Crippen LogP contribution in [-0.4, -0.2) is 18.5 Å². The van der Waals surface area contributed by atoms with Gasteiger partial charge in [-0.15, -0.1) is 12.4 Å². The molecule has 0 aromatic heterocycles. The van der Waals surface area contributed by atoms with Crippen molar-refractivity contribution in [2.24, 2.45) is 5.73 Å². The average molecular weight is 167 g/mol. The molecule has 0 aliphatic heterocycles. The van der Waals surface area contributed by atoms with Gasteiger partial charge in [-0.1, -0.05) is 0 Å². The highest BCUT2D eigenvalue weighted by Gasteiger charge is 1.99. The van der Waals surface area contributed by atoms with Gasteiger partial charge in [0.1, 0.15) is 0 Å². The van der Waals surface area contributed by atoms with E-state index in [0.29, 0.717) is 13.0 Å². The van der Waals surface area contributed by atoms with E-state index in [1.165, 1.54) is 0 Å². The summed E-state index contributed by atoms with van der Waals surface area (Å²) in [6, 6.07) is 0.226. The minimum atomic E-state index is 0. The van der Waals surface area contributed by atoms with Gasteiger partial charge in [-0.3, -0.25) is 4.79 Å². The SMILES string of the molecule is CC(C)NC(=O)CCN.Cl. The molecule has 10 heavy (non-hydrogen) atoms. The number of carbonyl (C=O) groups excluding carboxylic acids is 1. The molecule has 0 aliphatic rings. The Kier molecular flexibility index (Phi) is 8.48. The summed E-state index contributed by atoms with van der Waals surface area (Å²) in [5.74, 6) is 0.0347. The monoisotopic (exact) mass is 166 g/mol. The first kappa shape index (κ1) is 12.4. The lowest BCUT2D eigenvalue weighted by Gasteiger charge is -2.05. The zero-order valence-electron chi connectivity index (χ0n) is 6.39. The molecule has 0 heterocycles. The number of carbonyl (C=O) groups is 1. The minimum absolute atomic E-state index is 0. The van der Waals surface area contributed by atoms with Gasteiger partial charge >= 0.3 is 0 Å². The second-order valence-corrected chi connectivity index (χ2v) is 2.26. The summed E-state index contributed by atoms with van der Waals surface area (Å²) in [7, 11) is 0. The summed E-state index contributed by atoms with van der Waals surface area (Å²) in [5.41, 5.74) is 5.14. The van der Waals surface area contributed by atoms with Gasteiger partial charge in [0.2, 0.25) is 5.91 Å². The first-order valence-electron chi connectivity index (χ1n) is 3.16. The summed E-state index contributed by atoms with van der Waals surface area (Å²) < 4.78 is 0. The number of rotatable bonds is 3. The van der Waals surface area contributed by atoms with Gasteiger partial charge in [0.25, 0.3) is 0 Å². The van der Waals surface area contributed by atoms with E-state index >= 15 is 0 Å². The maximum atomic E-state index is 10.7. The molecule has 3 nitrogen and oxygen atoms in total. The zero-order valence-corrected chi connectivity index (χ0v) is 7.20. The minimum Gasteiger partial charge on any atom is -0.354 e. The van der Waals surface area contributed by atoms with E-state index in [-0.39, 0.29) is 24.4 Å². The van der Waals surface area contributed by atoms with Crippen molar-refractivity contribution in [1.29, 1.82) is 0 Å². The fourth-order valence-electron chi connectivity index (χ4n) is 0.525. The highest BCUT2D eigenvalue weighted by molar-refractivity contribution is 5.85. The summed E-state index contributed by atoms with van der Waals surface area (Å²) in [5, 5.41) is 2.72. The molecular formula is C6H15ClN2O. The molecule has 0 radical (unpaired) electrons. The molecular weight excluding hydrogens is 152 g/mol. The van der Waals surface area contributed by atoms with Crippen molar-refractivity contribution in [2.75, 3.05) is 6.54 Å². The molecule has 0 unspecified atom stereocenters. The Hall–Kier alpha value is -0.280. The second kappa shape index (κ2) is 6.83. The Bertz CT molecular complexity index is 95.7. The number of hydrogen-bond donors (Lipinski definition) is 2. The van der Waals surface area contributed by atoms with Crippen LogP contribution in [0.2, 0.25) is 0 Å². The zero-order chi connectivity index (χ0) is 7.28. The lowest BCUT2D eigenvalue weighted by molar-refractivity contribution is -0.121. The van der Waals surface area contributed by atoms with E-state index in [4.69, 9.17) is 5.73 Å². The lowest BCUT2D eigenvalue weighted by atomic mass is 10.3. The van der Waals surface area contributed by atoms with Gasteiger partial charge in [0, 0.05) is 19.0 Å². The highest BCUT2D eigenvalue weighted by atomic mass is 35.5. The fourth-order valence-corrected chi connectivity index (χ4v) is 0.525. The molecule has 0 aromatic carbocycles. The van der Waals surface area contributed by atoms with Crippen LogP contribution in [0.3, 0.4) is 0 Å². The third-order valence-electron chi connectivity index (χ3n) is 0.821. The Morgan fingerprint density at radius 3 is 2.40 bits per heavy atom.